The van der Waals surface area contributed by atoms with Crippen LogP contribution < -0.4 is 4.73 Å². The van der Waals surface area contributed by atoms with Gasteiger partial charge in [0, 0.05) is 6.07 Å². The Bertz CT molecular complexity index is 440. The van der Waals surface area contributed by atoms with Gasteiger partial charge < -0.3 is 5.21 Å². The minimum Gasteiger partial charge on any atom is -0.618 e. The molecule has 0 N–H and O–H groups in total. The summed E-state index contributed by atoms with van der Waals surface area (Å²) < 4.78 is 1.22. The number of thiophene rings is 1. The first-order chi connectivity index (χ1) is 5.70. The molecule has 2 aromatic rings. The molecule has 0 saturated carbocycles. The Morgan fingerprint density at radius 1 is 1.42 bits per heavy atom. The van der Waals surface area contributed by atoms with Crippen molar-refractivity contribution in [1.29, 1.82) is 0 Å². The molecule has 0 aromatic carbocycles. The van der Waals surface area contributed by atoms with Gasteiger partial charge in [0.05, 0.1) is 10.4 Å². The van der Waals surface area contributed by atoms with Crippen molar-refractivity contribution in [3.8, 4) is 0 Å². The van der Waals surface area contributed by atoms with Gasteiger partial charge in [-0.3, -0.25) is 0 Å². The van der Waals surface area contributed by atoms with E-state index in [1.54, 1.807) is 12.1 Å². The van der Waals surface area contributed by atoms with Gasteiger partial charge in [-0.15, -0.1) is 0 Å². The second-order valence-electron chi connectivity index (χ2n) is 2.24. The zero-order valence-corrected chi connectivity index (χ0v) is 8.08. The molecule has 0 unspecified atom stereocenters. The van der Waals surface area contributed by atoms with Crippen LogP contribution in [0.5, 0.6) is 0 Å². The van der Waals surface area contributed by atoms with Gasteiger partial charge >= 0.3 is 0 Å². The van der Waals surface area contributed by atoms with Crippen molar-refractivity contribution in [2.24, 2.45) is 0 Å². The van der Waals surface area contributed by atoms with E-state index < -0.39 is 0 Å². The van der Waals surface area contributed by atoms with Gasteiger partial charge in [0.15, 0.2) is 6.20 Å². The molecule has 0 aliphatic rings. The number of hydrogen-bond acceptors (Lipinski definition) is 2. The second-order valence-corrected chi connectivity index (χ2v) is 4.22. The molecule has 2 aromatic heterocycles. The van der Waals surface area contributed by atoms with Crippen LogP contribution in [0.4, 0.5) is 0 Å². The number of aromatic nitrogens is 1. The smallest absolute Gasteiger partial charge is 0.283 e. The highest BCUT2D eigenvalue weighted by atomic mass is 35.5. The fourth-order valence-electron chi connectivity index (χ4n) is 0.978. The summed E-state index contributed by atoms with van der Waals surface area (Å²) in [5.41, 5.74) is 0. The average molecular weight is 220 g/mol. The van der Waals surface area contributed by atoms with E-state index in [4.69, 9.17) is 23.2 Å². The van der Waals surface area contributed by atoms with Gasteiger partial charge in [-0.1, -0.05) is 34.5 Å². The molecule has 62 valence electrons. The molecular formula is C7H3Cl2NOS. The molecule has 0 aliphatic heterocycles. The molecule has 0 bridgehead atoms. The molecule has 5 heteroatoms. The van der Waals surface area contributed by atoms with E-state index in [1.165, 1.54) is 17.5 Å². The third-order valence-corrected chi connectivity index (χ3v) is 3.51. The lowest BCUT2D eigenvalue weighted by atomic mass is 10.3. The summed E-state index contributed by atoms with van der Waals surface area (Å²) in [6.07, 6.45) is 1.42. The minimum absolute atomic E-state index is 0.460. The third kappa shape index (κ3) is 1.05. The topological polar surface area (TPSA) is 26.9 Å². The molecule has 2 nitrogen and oxygen atoms in total. The van der Waals surface area contributed by atoms with Crippen LogP contribution in [0.15, 0.2) is 18.3 Å². The van der Waals surface area contributed by atoms with E-state index in [9.17, 15) is 5.21 Å². The molecule has 2 heterocycles. The largest absolute Gasteiger partial charge is 0.618 e. The first kappa shape index (κ1) is 8.10. The fraction of sp³-hybridized carbons (Fsp3) is 0. The lowest BCUT2D eigenvalue weighted by Gasteiger charge is -1.93. The van der Waals surface area contributed by atoms with E-state index >= 15 is 0 Å². The third-order valence-electron chi connectivity index (χ3n) is 1.51. The van der Waals surface area contributed by atoms with E-state index in [-0.39, 0.29) is 0 Å². The Morgan fingerprint density at radius 2 is 2.17 bits per heavy atom. The molecule has 0 spiro atoms. The zero-order chi connectivity index (χ0) is 8.72. The van der Waals surface area contributed by atoms with E-state index in [0.29, 0.717) is 19.6 Å². The highest BCUT2D eigenvalue weighted by molar-refractivity contribution is 7.22. The van der Waals surface area contributed by atoms with Crippen molar-refractivity contribution in [3.63, 3.8) is 0 Å². The van der Waals surface area contributed by atoms with Gasteiger partial charge in [-0.2, -0.15) is 4.73 Å². The fourth-order valence-corrected chi connectivity index (χ4v) is 2.42. The van der Waals surface area contributed by atoms with Gasteiger partial charge in [0.2, 0.25) is 0 Å². The number of pyridine rings is 1. The number of hydrogen-bond donors (Lipinski definition) is 0. The summed E-state index contributed by atoms with van der Waals surface area (Å²) in [4.78, 5) is 0.549. The van der Waals surface area contributed by atoms with E-state index in [1.807, 2.05) is 0 Å². The Labute approximate surface area is 82.5 Å². The molecule has 2 rings (SSSR count). The molecule has 0 aliphatic carbocycles. The zero-order valence-electron chi connectivity index (χ0n) is 5.75. The molecule has 0 amide bonds. The molecule has 12 heavy (non-hydrogen) atoms. The maximum absolute atomic E-state index is 11.2. The molecule has 0 fully saturated rings. The highest BCUT2D eigenvalue weighted by Gasteiger charge is 2.13. The average Bonchev–Trinajstić information content (AvgIpc) is 2.32. The minimum atomic E-state index is 0.460. The lowest BCUT2D eigenvalue weighted by Crippen LogP contribution is -2.24. The van der Waals surface area contributed by atoms with Crippen molar-refractivity contribution in [2.75, 3.05) is 0 Å². The van der Waals surface area contributed by atoms with Crippen LogP contribution in [-0.4, -0.2) is 0 Å². The van der Waals surface area contributed by atoms with Crippen molar-refractivity contribution in [3.05, 3.63) is 32.9 Å². The van der Waals surface area contributed by atoms with Gasteiger partial charge in [0.1, 0.15) is 4.34 Å². The SMILES string of the molecule is [O-][n+]1cccc2c(Cl)c(Cl)sc21. The summed E-state index contributed by atoms with van der Waals surface area (Å²) in [7, 11) is 0. The Morgan fingerprint density at radius 3 is 2.83 bits per heavy atom. The number of halogens is 2. The van der Waals surface area contributed by atoms with Crippen molar-refractivity contribution >= 4 is 44.8 Å². The van der Waals surface area contributed by atoms with Crippen LogP contribution in [-0.2, 0) is 0 Å². The summed E-state index contributed by atoms with van der Waals surface area (Å²) in [6, 6.07) is 3.42. The Balaban J connectivity index is 2.95. The number of rotatable bonds is 0. The maximum atomic E-state index is 11.2. The van der Waals surface area contributed by atoms with Crippen LogP contribution >= 0.6 is 34.5 Å². The second kappa shape index (κ2) is 2.76. The first-order valence-electron chi connectivity index (χ1n) is 3.16. The summed E-state index contributed by atoms with van der Waals surface area (Å²) in [6.45, 7) is 0. The molecule has 0 atom stereocenters. The van der Waals surface area contributed by atoms with Crippen molar-refractivity contribution in [2.45, 2.75) is 0 Å². The first-order valence-corrected chi connectivity index (χ1v) is 4.73. The molecular weight excluding hydrogens is 217 g/mol. The lowest BCUT2D eigenvalue weighted by molar-refractivity contribution is -0.574. The highest BCUT2D eigenvalue weighted by Crippen LogP contribution is 2.36. The van der Waals surface area contributed by atoms with Crippen LogP contribution in [0.25, 0.3) is 10.2 Å². The molecule has 0 saturated heterocycles. The Hall–Kier alpha value is -0.510. The quantitative estimate of drug-likeness (QED) is 0.495. The van der Waals surface area contributed by atoms with Crippen LogP contribution in [0.1, 0.15) is 0 Å². The number of fused-ring (bicyclic) bond motifs is 1. The summed E-state index contributed by atoms with van der Waals surface area (Å²) in [5.74, 6) is 0. The normalized spacial score (nSPS) is 10.8. The van der Waals surface area contributed by atoms with Gasteiger partial charge in [-0.05, 0) is 6.07 Å². The summed E-state index contributed by atoms with van der Waals surface area (Å²) >= 11 is 12.8. The standard InChI is InChI=1S/C7H3Cl2NOS/c8-5-4-2-1-3-10(11)7(4)12-6(5)9/h1-3H. The van der Waals surface area contributed by atoms with Gasteiger partial charge in [0.25, 0.3) is 4.83 Å². The van der Waals surface area contributed by atoms with Gasteiger partial charge in [-0.25, -0.2) is 0 Å². The van der Waals surface area contributed by atoms with Crippen LogP contribution in [0.2, 0.25) is 9.36 Å². The van der Waals surface area contributed by atoms with E-state index in [0.717, 1.165) is 4.73 Å². The number of nitrogens with zero attached hydrogens (tertiary/aromatic N) is 1. The van der Waals surface area contributed by atoms with Crippen molar-refractivity contribution < 1.29 is 4.73 Å². The predicted molar refractivity (Wildman–Crippen MR) is 50.8 cm³/mol. The maximum Gasteiger partial charge on any atom is 0.283 e. The van der Waals surface area contributed by atoms with Crippen LogP contribution in [0.3, 0.4) is 0 Å². The summed E-state index contributed by atoms with van der Waals surface area (Å²) in [5, 5.41) is 12.3. The molecule has 0 radical (unpaired) electrons. The predicted octanol–water partition coefficient (Wildman–Crippen LogP) is 2.84. The monoisotopic (exact) mass is 219 g/mol. The van der Waals surface area contributed by atoms with Crippen LogP contribution in [0, 0.1) is 5.21 Å². The van der Waals surface area contributed by atoms with Crippen molar-refractivity contribution in [1.82, 2.24) is 0 Å². The van der Waals surface area contributed by atoms with E-state index in [2.05, 4.69) is 0 Å². The Kier molecular flexibility index (Phi) is 1.87.